The Morgan fingerprint density at radius 1 is 0.396 bits per heavy atom. The van der Waals surface area contributed by atoms with Crippen molar-refractivity contribution in [2.75, 3.05) is 35.4 Å². The number of thiol groups is 1. The van der Waals surface area contributed by atoms with Crippen LogP contribution < -0.4 is 16.0 Å². The van der Waals surface area contributed by atoms with Crippen molar-refractivity contribution in [1.29, 1.82) is 0 Å². The van der Waals surface area contributed by atoms with E-state index >= 15 is 0 Å². The van der Waals surface area contributed by atoms with E-state index < -0.39 is 0 Å². The van der Waals surface area contributed by atoms with Gasteiger partial charge in [0.05, 0.1) is 5.88 Å². The van der Waals surface area contributed by atoms with Crippen LogP contribution in [0, 0.1) is 0 Å². The number of rotatable bonds is 11. The molecule has 0 atom stereocenters. The standard InChI is InChI=1S/C16H17NO.C15H15NOS.C15H15NO/c1-2-17-15-9-5-13(6-10-15)3-4-14-7-11-16(18)12-8-14;17-15-9-5-13(6-10-15)2-1-12-3-7-14(8-4-12)16-11-18;1-16-14-8-4-12(5-9-14)2-3-13-6-10-15(17)11-7-13/h3-12,17-18H,2H2,1H3;1-10,16-18H,11H2;2-11,16-17H,1H3/b4-3+;2-1+;3-2+. The molecule has 0 aliphatic heterocycles. The van der Waals surface area contributed by atoms with Crippen LogP contribution >= 0.6 is 12.6 Å². The Morgan fingerprint density at radius 2 is 0.642 bits per heavy atom. The fourth-order valence-corrected chi connectivity index (χ4v) is 5.00. The Balaban J connectivity index is 0.000000178. The van der Waals surface area contributed by atoms with Crippen LogP contribution in [-0.2, 0) is 0 Å². The van der Waals surface area contributed by atoms with Gasteiger partial charge in [0.2, 0.25) is 0 Å². The van der Waals surface area contributed by atoms with Crippen molar-refractivity contribution < 1.29 is 15.3 Å². The minimum absolute atomic E-state index is 0.286. The Hall–Kier alpha value is -6.31. The lowest BCUT2D eigenvalue weighted by Gasteiger charge is -2.02. The molecule has 0 fully saturated rings. The highest BCUT2D eigenvalue weighted by Crippen LogP contribution is 2.17. The van der Waals surface area contributed by atoms with Crippen LogP contribution in [0.3, 0.4) is 0 Å². The van der Waals surface area contributed by atoms with Gasteiger partial charge >= 0.3 is 0 Å². The van der Waals surface area contributed by atoms with Gasteiger partial charge in [0.1, 0.15) is 17.2 Å². The van der Waals surface area contributed by atoms with Gasteiger partial charge in [-0.05, 0) is 113 Å². The predicted octanol–water partition coefficient (Wildman–Crippen LogP) is 11.5. The first-order valence-electron chi connectivity index (χ1n) is 17.3. The van der Waals surface area contributed by atoms with Crippen LogP contribution in [0.5, 0.6) is 17.2 Å². The van der Waals surface area contributed by atoms with Crippen LogP contribution in [0.2, 0.25) is 0 Å². The quantitative estimate of drug-likeness (QED) is 0.0409. The number of hydrogen-bond donors (Lipinski definition) is 7. The lowest BCUT2D eigenvalue weighted by Crippen LogP contribution is -1.95. The summed E-state index contributed by atoms with van der Waals surface area (Å²) in [6.07, 6.45) is 12.2. The van der Waals surface area contributed by atoms with Gasteiger partial charge in [-0.3, -0.25) is 0 Å². The average Bonchev–Trinajstić information content (AvgIpc) is 3.19. The summed E-state index contributed by atoms with van der Waals surface area (Å²) < 4.78 is 0. The molecule has 53 heavy (non-hydrogen) atoms. The van der Waals surface area contributed by atoms with Crippen LogP contribution in [0.4, 0.5) is 17.1 Å². The maximum Gasteiger partial charge on any atom is 0.115 e. The van der Waals surface area contributed by atoms with Gasteiger partial charge in [-0.25, -0.2) is 0 Å². The van der Waals surface area contributed by atoms with Gasteiger partial charge in [-0.1, -0.05) is 109 Å². The highest BCUT2D eigenvalue weighted by Gasteiger charge is 1.94. The van der Waals surface area contributed by atoms with E-state index in [9.17, 15) is 10.2 Å². The molecule has 0 unspecified atom stereocenters. The van der Waals surface area contributed by atoms with Crippen molar-refractivity contribution in [1.82, 2.24) is 0 Å². The fraction of sp³-hybridized carbons (Fsp3) is 0.0870. The highest BCUT2D eigenvalue weighted by molar-refractivity contribution is 7.80. The SMILES string of the molecule is CCNc1ccc(/C=C/c2ccc(O)cc2)cc1.CNc1ccc(/C=C/c2ccc(O)cc2)cc1.Oc1ccc(/C=C/c2ccc(NCS)cc2)cc1. The molecule has 270 valence electrons. The fourth-order valence-electron chi connectivity index (χ4n) is 4.81. The topological polar surface area (TPSA) is 96.8 Å². The molecule has 0 saturated carbocycles. The van der Waals surface area contributed by atoms with Crippen LogP contribution in [-0.4, -0.2) is 34.8 Å². The second kappa shape index (κ2) is 21.8. The first kappa shape index (κ1) is 39.5. The molecule has 0 aliphatic rings. The van der Waals surface area contributed by atoms with Gasteiger partial charge in [-0.2, -0.15) is 12.6 Å². The highest BCUT2D eigenvalue weighted by atomic mass is 32.1. The maximum absolute atomic E-state index is 9.19. The van der Waals surface area contributed by atoms with E-state index in [-0.39, 0.29) is 5.75 Å². The third-order valence-corrected chi connectivity index (χ3v) is 7.93. The summed E-state index contributed by atoms with van der Waals surface area (Å²) in [6.45, 7) is 3.02. The molecule has 0 amide bonds. The Bertz CT molecular complexity index is 1900. The molecule has 0 heterocycles. The maximum atomic E-state index is 9.19. The molecule has 0 saturated heterocycles. The minimum Gasteiger partial charge on any atom is -0.508 e. The summed E-state index contributed by atoms with van der Waals surface area (Å²) in [5.41, 5.74) is 9.95. The monoisotopic (exact) mass is 721 g/mol. The van der Waals surface area contributed by atoms with Crippen LogP contribution in [0.25, 0.3) is 36.5 Å². The summed E-state index contributed by atoms with van der Waals surface area (Å²) in [4.78, 5) is 0. The minimum atomic E-state index is 0.286. The van der Waals surface area contributed by atoms with Crippen LogP contribution in [0.1, 0.15) is 40.3 Å². The third-order valence-electron chi connectivity index (χ3n) is 7.77. The van der Waals surface area contributed by atoms with Gasteiger partial charge in [0.15, 0.2) is 0 Å². The zero-order chi connectivity index (χ0) is 37.7. The second-order valence-electron chi connectivity index (χ2n) is 11.8. The molecule has 0 aliphatic carbocycles. The van der Waals surface area contributed by atoms with Gasteiger partial charge in [0.25, 0.3) is 0 Å². The molecular weight excluding hydrogens is 675 g/mol. The summed E-state index contributed by atoms with van der Waals surface area (Å²) in [5.74, 6) is 1.50. The van der Waals surface area contributed by atoms with E-state index in [1.165, 1.54) is 0 Å². The van der Waals surface area contributed by atoms with Gasteiger partial charge < -0.3 is 31.3 Å². The predicted molar refractivity (Wildman–Crippen MR) is 232 cm³/mol. The smallest absolute Gasteiger partial charge is 0.115 e. The Labute approximate surface area is 318 Å². The van der Waals surface area contributed by atoms with E-state index in [1.54, 1.807) is 36.4 Å². The molecule has 6 aromatic carbocycles. The molecule has 6 aromatic rings. The first-order chi connectivity index (χ1) is 25.8. The molecule has 0 spiro atoms. The molecule has 0 bridgehead atoms. The van der Waals surface area contributed by atoms with Crippen LogP contribution in [0.15, 0.2) is 146 Å². The Kier molecular flexibility index (Phi) is 16.2. The normalized spacial score (nSPS) is 10.7. The number of benzene rings is 6. The average molecular weight is 722 g/mol. The Morgan fingerprint density at radius 3 is 0.887 bits per heavy atom. The summed E-state index contributed by atoms with van der Waals surface area (Å²) in [7, 11) is 1.90. The number of hydrogen-bond acceptors (Lipinski definition) is 7. The van der Waals surface area contributed by atoms with Crippen molar-refractivity contribution in [2.45, 2.75) is 6.92 Å². The van der Waals surface area contributed by atoms with Crippen molar-refractivity contribution in [3.63, 3.8) is 0 Å². The summed E-state index contributed by atoms with van der Waals surface area (Å²) >= 11 is 4.11. The zero-order valence-corrected chi connectivity index (χ0v) is 30.9. The van der Waals surface area contributed by atoms with E-state index in [0.717, 1.165) is 57.0 Å². The molecule has 7 heteroatoms. The first-order valence-corrected chi connectivity index (χ1v) is 17.9. The second-order valence-corrected chi connectivity index (χ2v) is 12.1. The van der Waals surface area contributed by atoms with Gasteiger partial charge in [-0.15, -0.1) is 0 Å². The number of nitrogens with one attached hydrogen (secondary N) is 3. The van der Waals surface area contributed by atoms with Gasteiger partial charge in [0, 0.05) is 30.7 Å². The number of phenols is 3. The van der Waals surface area contributed by atoms with E-state index in [4.69, 9.17) is 5.11 Å². The zero-order valence-electron chi connectivity index (χ0n) is 30.0. The van der Waals surface area contributed by atoms with Crippen molar-refractivity contribution >= 4 is 66.1 Å². The van der Waals surface area contributed by atoms with E-state index in [1.807, 2.05) is 110 Å². The number of phenolic OH excluding ortho intramolecular Hbond substituents is 3. The van der Waals surface area contributed by atoms with Crippen molar-refractivity contribution in [3.8, 4) is 17.2 Å². The molecule has 0 radical (unpaired) electrons. The molecule has 6 nitrogen and oxygen atoms in total. The largest absolute Gasteiger partial charge is 0.508 e. The lowest BCUT2D eigenvalue weighted by atomic mass is 10.1. The molecule has 0 aromatic heterocycles. The summed E-state index contributed by atoms with van der Waals surface area (Å²) in [6, 6.07) is 46.0. The summed E-state index contributed by atoms with van der Waals surface area (Å²) in [5, 5.41) is 37.0. The van der Waals surface area contributed by atoms with E-state index in [2.05, 4.69) is 78.0 Å². The lowest BCUT2D eigenvalue weighted by molar-refractivity contribution is 0.474. The molecule has 6 N–H and O–H groups in total. The molecular formula is C46H47N3O3S. The van der Waals surface area contributed by atoms with Crippen molar-refractivity contribution in [3.05, 3.63) is 179 Å². The van der Waals surface area contributed by atoms with Crippen molar-refractivity contribution in [2.24, 2.45) is 0 Å². The van der Waals surface area contributed by atoms with E-state index in [0.29, 0.717) is 17.4 Å². The molecule has 6 rings (SSSR count). The number of anilines is 3. The third kappa shape index (κ3) is 14.8. The number of aromatic hydroxyl groups is 3.